The first-order valence-corrected chi connectivity index (χ1v) is 6.08. The first kappa shape index (κ1) is 9.40. The van der Waals surface area contributed by atoms with Crippen molar-refractivity contribution in [1.82, 2.24) is 14.9 Å². The van der Waals surface area contributed by atoms with Crippen LogP contribution in [0, 0.1) is 12.8 Å². The van der Waals surface area contributed by atoms with Crippen LogP contribution in [-0.4, -0.2) is 22.6 Å². The van der Waals surface area contributed by atoms with Crippen LogP contribution < -0.4 is 5.32 Å². The van der Waals surface area contributed by atoms with Crippen LogP contribution >= 0.6 is 0 Å². The Balaban J connectivity index is 1.78. The zero-order chi connectivity index (χ0) is 10.3. The third-order valence-corrected chi connectivity index (χ3v) is 3.60. The summed E-state index contributed by atoms with van der Waals surface area (Å²) in [5, 5.41) is 3.43. The number of imidazole rings is 1. The molecule has 1 aromatic heterocycles. The van der Waals surface area contributed by atoms with Gasteiger partial charge in [-0.1, -0.05) is 0 Å². The maximum atomic E-state index is 4.58. The van der Waals surface area contributed by atoms with Crippen LogP contribution in [-0.2, 0) is 6.42 Å². The molecule has 1 saturated carbocycles. The molecule has 1 aromatic rings. The Morgan fingerprint density at radius 3 is 3.00 bits per heavy atom. The molecule has 3 nitrogen and oxygen atoms in total. The third-order valence-electron chi connectivity index (χ3n) is 3.60. The topological polar surface area (TPSA) is 29.9 Å². The van der Waals surface area contributed by atoms with E-state index in [4.69, 9.17) is 0 Å². The van der Waals surface area contributed by atoms with E-state index in [0.717, 1.165) is 18.4 Å². The highest BCUT2D eigenvalue weighted by Gasteiger charge is 2.28. The van der Waals surface area contributed by atoms with Crippen LogP contribution in [0.25, 0.3) is 0 Å². The molecule has 1 atom stereocenters. The zero-order valence-corrected chi connectivity index (χ0v) is 9.37. The lowest BCUT2D eigenvalue weighted by atomic mass is 10.0. The van der Waals surface area contributed by atoms with Gasteiger partial charge in [-0.3, -0.25) is 0 Å². The van der Waals surface area contributed by atoms with Gasteiger partial charge in [0.1, 0.15) is 5.82 Å². The second kappa shape index (κ2) is 3.63. The summed E-state index contributed by atoms with van der Waals surface area (Å²) in [6.07, 6.45) is 7.23. The minimum atomic E-state index is 0.775. The molecule has 0 unspecified atom stereocenters. The molecular weight excluding hydrogens is 186 g/mol. The molecule has 2 heterocycles. The fourth-order valence-electron chi connectivity index (χ4n) is 2.63. The molecular formula is C12H19N3. The maximum absolute atomic E-state index is 4.58. The van der Waals surface area contributed by atoms with Crippen LogP contribution in [0.15, 0.2) is 6.20 Å². The Morgan fingerprint density at radius 2 is 2.33 bits per heavy atom. The quantitative estimate of drug-likeness (QED) is 0.813. The molecule has 0 amide bonds. The van der Waals surface area contributed by atoms with Crippen molar-refractivity contribution >= 4 is 0 Å². The van der Waals surface area contributed by atoms with Gasteiger partial charge in [0.15, 0.2) is 0 Å². The molecule has 1 N–H and O–H groups in total. The highest BCUT2D eigenvalue weighted by molar-refractivity contribution is 5.09. The number of nitrogens with one attached hydrogen (secondary N) is 1. The average Bonchev–Trinajstić information content (AvgIpc) is 2.80. The summed E-state index contributed by atoms with van der Waals surface area (Å²) in [4.78, 5) is 4.58. The Kier molecular flexibility index (Phi) is 2.28. The van der Waals surface area contributed by atoms with Gasteiger partial charge in [0.05, 0.1) is 0 Å². The van der Waals surface area contributed by atoms with Gasteiger partial charge < -0.3 is 9.88 Å². The standard InChI is InChI=1S/C12H19N3/c1-9-7-14-12(15(9)11-2-3-11)6-10-4-5-13-8-10/h7,10-11,13H,2-6,8H2,1H3/t10-/m1/s1. The molecule has 3 rings (SSSR count). The minimum Gasteiger partial charge on any atom is -0.329 e. The van der Waals surface area contributed by atoms with Crippen molar-refractivity contribution in [2.24, 2.45) is 5.92 Å². The van der Waals surface area contributed by atoms with E-state index in [1.807, 2.05) is 6.20 Å². The maximum Gasteiger partial charge on any atom is 0.109 e. The van der Waals surface area contributed by atoms with Gasteiger partial charge in [-0.05, 0) is 45.2 Å². The molecule has 3 heteroatoms. The number of hydrogen-bond donors (Lipinski definition) is 1. The molecule has 1 aliphatic carbocycles. The molecule has 1 saturated heterocycles. The van der Waals surface area contributed by atoms with E-state index in [9.17, 15) is 0 Å². The smallest absolute Gasteiger partial charge is 0.109 e. The van der Waals surface area contributed by atoms with Gasteiger partial charge in [0.2, 0.25) is 0 Å². The Hall–Kier alpha value is -0.830. The van der Waals surface area contributed by atoms with E-state index in [-0.39, 0.29) is 0 Å². The third kappa shape index (κ3) is 1.81. The summed E-state index contributed by atoms with van der Waals surface area (Å²) in [6.45, 7) is 4.55. The zero-order valence-electron chi connectivity index (χ0n) is 9.37. The number of rotatable bonds is 3. The fourth-order valence-corrected chi connectivity index (χ4v) is 2.63. The lowest BCUT2D eigenvalue weighted by molar-refractivity contribution is 0.533. The second-order valence-electron chi connectivity index (χ2n) is 4.98. The van der Waals surface area contributed by atoms with Crippen molar-refractivity contribution < 1.29 is 0 Å². The molecule has 0 bridgehead atoms. The summed E-state index contributed by atoms with van der Waals surface area (Å²) in [7, 11) is 0. The highest BCUT2D eigenvalue weighted by atomic mass is 15.1. The van der Waals surface area contributed by atoms with E-state index in [1.165, 1.54) is 43.9 Å². The highest BCUT2D eigenvalue weighted by Crippen LogP contribution is 2.37. The summed E-state index contributed by atoms with van der Waals surface area (Å²) >= 11 is 0. The largest absolute Gasteiger partial charge is 0.329 e. The van der Waals surface area contributed by atoms with Crippen LogP contribution in [0.1, 0.15) is 36.8 Å². The van der Waals surface area contributed by atoms with E-state index >= 15 is 0 Å². The van der Waals surface area contributed by atoms with Crippen LogP contribution in [0.3, 0.4) is 0 Å². The van der Waals surface area contributed by atoms with Crippen LogP contribution in [0.2, 0.25) is 0 Å². The van der Waals surface area contributed by atoms with Crippen molar-refractivity contribution in [3.8, 4) is 0 Å². The van der Waals surface area contributed by atoms with Gasteiger partial charge in [0, 0.05) is 24.4 Å². The van der Waals surface area contributed by atoms with Gasteiger partial charge in [-0.2, -0.15) is 0 Å². The first-order valence-electron chi connectivity index (χ1n) is 6.08. The van der Waals surface area contributed by atoms with Crippen molar-refractivity contribution in [3.63, 3.8) is 0 Å². The van der Waals surface area contributed by atoms with Gasteiger partial charge in [-0.15, -0.1) is 0 Å². The van der Waals surface area contributed by atoms with Gasteiger partial charge in [-0.25, -0.2) is 4.98 Å². The SMILES string of the molecule is Cc1cnc(C[C@H]2CCNC2)n1C1CC1. The monoisotopic (exact) mass is 205 g/mol. The molecule has 0 aromatic carbocycles. The van der Waals surface area contributed by atoms with Crippen molar-refractivity contribution in [3.05, 3.63) is 17.7 Å². The molecule has 2 aliphatic rings. The number of hydrogen-bond acceptors (Lipinski definition) is 2. The minimum absolute atomic E-state index is 0.775. The van der Waals surface area contributed by atoms with E-state index < -0.39 is 0 Å². The second-order valence-corrected chi connectivity index (χ2v) is 4.98. The average molecular weight is 205 g/mol. The summed E-state index contributed by atoms with van der Waals surface area (Å²) in [5.74, 6) is 2.13. The Morgan fingerprint density at radius 1 is 1.47 bits per heavy atom. The van der Waals surface area contributed by atoms with Crippen LogP contribution in [0.5, 0.6) is 0 Å². The molecule has 82 valence electrons. The molecule has 0 spiro atoms. The van der Waals surface area contributed by atoms with E-state index in [1.54, 1.807) is 0 Å². The molecule has 1 aliphatic heterocycles. The lowest BCUT2D eigenvalue weighted by Gasteiger charge is -2.11. The first-order chi connectivity index (χ1) is 7.34. The molecule has 2 fully saturated rings. The predicted octanol–water partition coefficient (Wildman–Crippen LogP) is 1.68. The van der Waals surface area contributed by atoms with Crippen LogP contribution in [0.4, 0.5) is 0 Å². The van der Waals surface area contributed by atoms with Gasteiger partial charge in [0.25, 0.3) is 0 Å². The Bertz CT molecular complexity index is 346. The number of aryl methyl sites for hydroxylation is 1. The Labute approximate surface area is 90.9 Å². The molecule has 0 radical (unpaired) electrons. The fraction of sp³-hybridized carbons (Fsp3) is 0.750. The predicted molar refractivity (Wildman–Crippen MR) is 59.9 cm³/mol. The summed E-state index contributed by atoms with van der Waals surface area (Å²) < 4.78 is 2.47. The lowest BCUT2D eigenvalue weighted by Crippen LogP contribution is -2.14. The van der Waals surface area contributed by atoms with Gasteiger partial charge >= 0.3 is 0 Å². The molecule has 15 heavy (non-hydrogen) atoms. The van der Waals surface area contributed by atoms with E-state index in [2.05, 4.69) is 21.8 Å². The van der Waals surface area contributed by atoms with Crippen molar-refractivity contribution in [1.29, 1.82) is 0 Å². The number of aromatic nitrogens is 2. The van der Waals surface area contributed by atoms with Crippen molar-refractivity contribution in [2.75, 3.05) is 13.1 Å². The summed E-state index contributed by atoms with van der Waals surface area (Å²) in [5.41, 5.74) is 1.35. The van der Waals surface area contributed by atoms with Crippen molar-refractivity contribution in [2.45, 2.75) is 38.6 Å². The number of nitrogens with zero attached hydrogens (tertiary/aromatic N) is 2. The summed E-state index contributed by atoms with van der Waals surface area (Å²) in [6, 6.07) is 0.775. The normalized spacial score (nSPS) is 26.1. The van der Waals surface area contributed by atoms with E-state index in [0.29, 0.717) is 0 Å².